The van der Waals surface area contributed by atoms with Gasteiger partial charge in [-0.3, -0.25) is 4.79 Å². The minimum atomic E-state index is -0.307. The summed E-state index contributed by atoms with van der Waals surface area (Å²) in [5.74, 6) is 0.897. The van der Waals surface area contributed by atoms with Crippen molar-refractivity contribution in [3.63, 3.8) is 0 Å². The predicted octanol–water partition coefficient (Wildman–Crippen LogP) is 7.16. The van der Waals surface area contributed by atoms with Crippen LogP contribution >= 0.6 is 11.6 Å². The van der Waals surface area contributed by atoms with E-state index in [-0.39, 0.29) is 12.4 Å². The number of rotatable bonds is 6. The van der Waals surface area contributed by atoms with E-state index >= 15 is 0 Å². The van der Waals surface area contributed by atoms with E-state index in [2.05, 4.69) is 15.2 Å². The quantitative estimate of drug-likeness (QED) is 0.266. The van der Waals surface area contributed by atoms with Gasteiger partial charge in [0, 0.05) is 35.7 Å². The molecule has 2 heterocycles. The third kappa shape index (κ3) is 5.84. The molecule has 0 fully saturated rings. The van der Waals surface area contributed by atoms with Crippen molar-refractivity contribution in [3.05, 3.63) is 101 Å². The number of aromatic amines is 1. The molecule has 1 aromatic heterocycles. The van der Waals surface area contributed by atoms with E-state index in [0.29, 0.717) is 29.0 Å². The highest BCUT2D eigenvalue weighted by atomic mass is 35.5. The zero-order valence-electron chi connectivity index (χ0n) is 20.9. The summed E-state index contributed by atoms with van der Waals surface area (Å²) >= 11 is 6.47. The summed E-state index contributed by atoms with van der Waals surface area (Å²) in [6.07, 6.45) is 2.56. The number of hydrogen-bond donors (Lipinski definition) is 2. The monoisotopic (exact) mass is 518 g/mol. The molecule has 0 amide bonds. The Kier molecular flexibility index (Phi) is 8.25. The summed E-state index contributed by atoms with van der Waals surface area (Å²) in [7, 11) is 1.98. The number of fused-ring (bicyclic) bond motifs is 1. The van der Waals surface area contributed by atoms with Crippen LogP contribution in [-0.2, 0) is 6.61 Å². The molecule has 0 saturated heterocycles. The Bertz CT molecular complexity index is 1430. The highest BCUT2D eigenvalue weighted by molar-refractivity contribution is 6.32. The number of ether oxygens (including phenoxy) is 1. The molecular weight excluding hydrogens is 491 g/mol. The van der Waals surface area contributed by atoms with Crippen LogP contribution in [0.1, 0.15) is 35.5 Å². The van der Waals surface area contributed by atoms with E-state index in [1.54, 1.807) is 30.5 Å². The summed E-state index contributed by atoms with van der Waals surface area (Å²) in [6, 6.07) is 19.6. The lowest BCUT2D eigenvalue weighted by molar-refractivity contribution is 0.112. The molecule has 0 radical (unpaired) electrons. The second-order valence-corrected chi connectivity index (χ2v) is 8.60. The van der Waals surface area contributed by atoms with E-state index < -0.39 is 0 Å². The number of anilines is 2. The molecule has 0 bridgehead atoms. The number of carbonyl (C=O) groups is 1. The minimum absolute atomic E-state index is 0.210. The maximum absolute atomic E-state index is 13.4. The van der Waals surface area contributed by atoms with Gasteiger partial charge in [0.15, 0.2) is 6.29 Å². The number of carbonyl (C=O) groups excluding carboxylic acids is 1. The van der Waals surface area contributed by atoms with Crippen molar-refractivity contribution < 1.29 is 13.9 Å². The van der Waals surface area contributed by atoms with Crippen molar-refractivity contribution in [2.24, 2.45) is 4.99 Å². The van der Waals surface area contributed by atoms with Crippen molar-refractivity contribution in [1.29, 1.82) is 0 Å². The standard InChI is InChI=1S/C27H22ClFN4O2.C2H6/c1-33-16-31-27(22-12-18(5-7-25(22)33)21-9-10-30-24(21)14-34)32-20-6-8-26(23(28)13-20)35-15-17-3-2-4-19(29)11-17;1-2/h2-14,30H,15-16H2,1H3,(H,31,32);1-2H3. The Hall–Kier alpha value is -4.10. The van der Waals surface area contributed by atoms with E-state index in [9.17, 15) is 9.18 Å². The fraction of sp³-hybridized carbons (Fsp3) is 0.172. The number of hydrogen-bond acceptors (Lipinski definition) is 5. The molecule has 0 atom stereocenters. The average Bonchev–Trinajstić information content (AvgIpc) is 3.40. The lowest BCUT2D eigenvalue weighted by Crippen LogP contribution is -2.29. The Balaban J connectivity index is 0.00000156. The molecule has 1 aliphatic rings. The number of amidine groups is 1. The molecule has 6 nitrogen and oxygen atoms in total. The number of aldehydes is 1. The molecule has 0 aliphatic carbocycles. The van der Waals surface area contributed by atoms with Gasteiger partial charge < -0.3 is 19.9 Å². The van der Waals surface area contributed by atoms with Crippen LogP contribution in [0.25, 0.3) is 11.1 Å². The third-order valence-corrected chi connectivity index (χ3v) is 6.09. The molecule has 37 heavy (non-hydrogen) atoms. The van der Waals surface area contributed by atoms with Gasteiger partial charge >= 0.3 is 0 Å². The van der Waals surface area contributed by atoms with Crippen molar-refractivity contribution in [1.82, 2.24) is 4.98 Å². The molecule has 5 rings (SSSR count). The second kappa shape index (κ2) is 11.8. The first kappa shape index (κ1) is 26.0. The Morgan fingerprint density at radius 1 is 1.11 bits per heavy atom. The molecule has 8 heteroatoms. The van der Waals surface area contributed by atoms with Gasteiger partial charge in [0.05, 0.1) is 10.7 Å². The van der Waals surface area contributed by atoms with Crippen molar-refractivity contribution in [3.8, 4) is 16.9 Å². The number of aromatic nitrogens is 1. The number of nitrogens with one attached hydrogen (secondary N) is 2. The topological polar surface area (TPSA) is 69.7 Å². The van der Waals surface area contributed by atoms with Crippen LogP contribution in [0.4, 0.5) is 15.8 Å². The van der Waals surface area contributed by atoms with E-state index in [1.807, 2.05) is 51.2 Å². The first-order chi connectivity index (χ1) is 18.0. The van der Waals surface area contributed by atoms with Crippen molar-refractivity contribution in [2.45, 2.75) is 20.5 Å². The fourth-order valence-corrected chi connectivity index (χ4v) is 4.26. The normalized spacial score (nSPS) is 12.1. The van der Waals surface area contributed by atoms with Crippen LogP contribution in [0.15, 0.2) is 77.9 Å². The number of aliphatic imine (C=N–C) groups is 1. The van der Waals surface area contributed by atoms with E-state index in [0.717, 1.165) is 39.9 Å². The number of halogens is 2. The van der Waals surface area contributed by atoms with Crippen LogP contribution < -0.4 is 15.0 Å². The van der Waals surface area contributed by atoms with Crippen LogP contribution in [0.3, 0.4) is 0 Å². The zero-order chi connectivity index (χ0) is 26.4. The van der Waals surface area contributed by atoms with Crippen LogP contribution in [0, 0.1) is 5.82 Å². The van der Waals surface area contributed by atoms with Gasteiger partial charge in [-0.05, 0) is 59.7 Å². The van der Waals surface area contributed by atoms with Gasteiger partial charge in [0.25, 0.3) is 0 Å². The molecule has 2 N–H and O–H groups in total. The Labute approximate surface area is 220 Å². The molecule has 0 unspecified atom stereocenters. The first-order valence-corrected chi connectivity index (χ1v) is 12.4. The highest BCUT2D eigenvalue weighted by Crippen LogP contribution is 2.33. The second-order valence-electron chi connectivity index (χ2n) is 8.19. The predicted molar refractivity (Wildman–Crippen MR) is 149 cm³/mol. The number of benzene rings is 3. The lowest BCUT2D eigenvalue weighted by atomic mass is 10.00. The lowest BCUT2D eigenvalue weighted by Gasteiger charge is -2.27. The molecular formula is C29H28ClFN4O2. The molecule has 190 valence electrons. The Morgan fingerprint density at radius 2 is 1.95 bits per heavy atom. The molecule has 0 spiro atoms. The van der Waals surface area contributed by atoms with Crippen LogP contribution in [-0.4, -0.2) is 30.8 Å². The van der Waals surface area contributed by atoms with Crippen LogP contribution in [0.5, 0.6) is 5.75 Å². The van der Waals surface area contributed by atoms with Gasteiger partial charge in [-0.15, -0.1) is 0 Å². The molecule has 3 aromatic carbocycles. The smallest absolute Gasteiger partial charge is 0.166 e. The van der Waals surface area contributed by atoms with Gasteiger partial charge in [0.2, 0.25) is 0 Å². The number of nitrogens with zero attached hydrogens (tertiary/aromatic N) is 2. The van der Waals surface area contributed by atoms with Gasteiger partial charge in [-0.1, -0.05) is 43.6 Å². The molecule has 1 aliphatic heterocycles. The van der Waals surface area contributed by atoms with Crippen molar-refractivity contribution in [2.75, 3.05) is 23.9 Å². The SMILES string of the molecule is CC.CN1CN=C(Nc2ccc(OCc3cccc(F)c3)c(Cl)c2)c2cc(-c3cc[nH]c3C=O)ccc21. The molecule has 0 saturated carbocycles. The van der Waals surface area contributed by atoms with E-state index in [4.69, 9.17) is 21.3 Å². The third-order valence-electron chi connectivity index (χ3n) is 5.79. The summed E-state index contributed by atoms with van der Waals surface area (Å²) in [4.78, 5) is 21.1. The zero-order valence-corrected chi connectivity index (χ0v) is 21.6. The van der Waals surface area contributed by atoms with Gasteiger partial charge in [-0.25, -0.2) is 9.38 Å². The van der Waals surface area contributed by atoms with Crippen molar-refractivity contribution >= 4 is 35.1 Å². The van der Waals surface area contributed by atoms with Gasteiger partial charge in [0.1, 0.15) is 30.7 Å². The maximum Gasteiger partial charge on any atom is 0.166 e. The Morgan fingerprint density at radius 3 is 2.70 bits per heavy atom. The fourth-order valence-electron chi connectivity index (χ4n) is 4.02. The van der Waals surface area contributed by atoms with Crippen LogP contribution in [0.2, 0.25) is 5.02 Å². The number of H-pyrrole nitrogens is 1. The average molecular weight is 519 g/mol. The van der Waals surface area contributed by atoms with Gasteiger partial charge in [-0.2, -0.15) is 0 Å². The summed E-state index contributed by atoms with van der Waals surface area (Å²) in [6.45, 7) is 4.71. The highest BCUT2D eigenvalue weighted by Gasteiger charge is 2.20. The summed E-state index contributed by atoms with van der Waals surface area (Å²) < 4.78 is 19.2. The molecule has 4 aromatic rings. The largest absolute Gasteiger partial charge is 0.487 e. The van der Waals surface area contributed by atoms with E-state index in [1.165, 1.54) is 12.1 Å². The maximum atomic E-state index is 13.4. The first-order valence-electron chi connectivity index (χ1n) is 12.0. The summed E-state index contributed by atoms with van der Waals surface area (Å²) in [5.41, 5.74) is 5.68. The minimum Gasteiger partial charge on any atom is -0.487 e. The summed E-state index contributed by atoms with van der Waals surface area (Å²) in [5, 5.41) is 3.79.